The Morgan fingerprint density at radius 2 is 1.88 bits per heavy atom. The van der Waals surface area contributed by atoms with E-state index >= 15 is 0 Å². The van der Waals surface area contributed by atoms with E-state index in [1.807, 2.05) is 0 Å². The van der Waals surface area contributed by atoms with Crippen molar-refractivity contribution in [1.29, 1.82) is 0 Å². The summed E-state index contributed by atoms with van der Waals surface area (Å²) in [5, 5.41) is 3.53. The molecule has 1 aromatic rings. The third-order valence-electron chi connectivity index (χ3n) is 3.10. The standard InChI is InChI=1S/C14H23FN2/c1-5-11(6-2)14(17-10(3)4)13-8-7-12(15)9-16-13/h7-11,14,17H,5-6H2,1-4H3. The zero-order valence-corrected chi connectivity index (χ0v) is 11.2. The number of nitrogens with one attached hydrogen (secondary N) is 1. The molecule has 0 aromatic carbocycles. The van der Waals surface area contributed by atoms with Gasteiger partial charge in [0.15, 0.2) is 0 Å². The number of aromatic nitrogens is 1. The highest BCUT2D eigenvalue weighted by Gasteiger charge is 2.22. The summed E-state index contributed by atoms with van der Waals surface area (Å²) in [6.07, 6.45) is 3.49. The fraction of sp³-hybridized carbons (Fsp3) is 0.643. The van der Waals surface area contributed by atoms with Crippen molar-refractivity contribution in [1.82, 2.24) is 10.3 Å². The average molecular weight is 238 g/mol. The number of hydrogen-bond acceptors (Lipinski definition) is 2. The topological polar surface area (TPSA) is 24.9 Å². The van der Waals surface area contributed by atoms with Gasteiger partial charge < -0.3 is 5.32 Å². The highest BCUT2D eigenvalue weighted by Crippen LogP contribution is 2.26. The van der Waals surface area contributed by atoms with Crippen molar-refractivity contribution in [2.45, 2.75) is 52.6 Å². The van der Waals surface area contributed by atoms with Gasteiger partial charge in [0.05, 0.1) is 17.9 Å². The largest absolute Gasteiger partial charge is 0.306 e. The summed E-state index contributed by atoms with van der Waals surface area (Å²) in [5.74, 6) is 0.261. The van der Waals surface area contributed by atoms with Crippen molar-refractivity contribution >= 4 is 0 Å². The maximum absolute atomic E-state index is 12.9. The second-order valence-electron chi connectivity index (χ2n) is 4.78. The SMILES string of the molecule is CCC(CC)C(NC(C)C)c1ccc(F)cn1. The van der Waals surface area contributed by atoms with Crippen molar-refractivity contribution < 1.29 is 4.39 Å². The first kappa shape index (κ1) is 14.1. The number of nitrogens with zero attached hydrogens (tertiary/aromatic N) is 1. The van der Waals surface area contributed by atoms with Gasteiger partial charge >= 0.3 is 0 Å². The first-order valence-electron chi connectivity index (χ1n) is 6.45. The molecule has 0 bridgehead atoms. The van der Waals surface area contributed by atoms with Crippen LogP contribution in [-0.4, -0.2) is 11.0 Å². The van der Waals surface area contributed by atoms with E-state index in [2.05, 4.69) is 38.0 Å². The van der Waals surface area contributed by atoms with Gasteiger partial charge in [0, 0.05) is 6.04 Å². The summed E-state index contributed by atoms with van der Waals surface area (Å²) >= 11 is 0. The lowest BCUT2D eigenvalue weighted by atomic mass is 9.91. The van der Waals surface area contributed by atoms with Gasteiger partial charge in [-0.3, -0.25) is 4.98 Å². The Labute approximate surface area is 104 Å². The molecule has 1 N–H and O–H groups in total. The van der Waals surface area contributed by atoms with Crippen molar-refractivity contribution in [3.05, 3.63) is 29.8 Å². The van der Waals surface area contributed by atoms with Gasteiger partial charge in [-0.15, -0.1) is 0 Å². The molecule has 0 saturated heterocycles. The second kappa shape index (κ2) is 6.70. The average Bonchev–Trinajstić information content (AvgIpc) is 2.30. The Kier molecular flexibility index (Phi) is 5.56. The Balaban J connectivity index is 2.92. The summed E-state index contributed by atoms with van der Waals surface area (Å²) in [4.78, 5) is 4.21. The third kappa shape index (κ3) is 4.08. The molecule has 1 rings (SSSR count). The van der Waals surface area contributed by atoms with Gasteiger partial charge in [0.2, 0.25) is 0 Å². The van der Waals surface area contributed by atoms with Crippen molar-refractivity contribution in [3.63, 3.8) is 0 Å². The van der Waals surface area contributed by atoms with Crippen molar-refractivity contribution in [3.8, 4) is 0 Å². The summed E-state index contributed by atoms with van der Waals surface area (Å²) < 4.78 is 12.9. The molecular formula is C14H23FN2. The highest BCUT2D eigenvalue weighted by atomic mass is 19.1. The predicted octanol–water partition coefficient (Wildman–Crippen LogP) is 3.70. The van der Waals surface area contributed by atoms with Crippen LogP contribution >= 0.6 is 0 Å². The van der Waals surface area contributed by atoms with E-state index in [0.29, 0.717) is 12.0 Å². The summed E-state index contributed by atoms with van der Waals surface area (Å²) in [6, 6.07) is 3.88. The number of pyridine rings is 1. The van der Waals surface area contributed by atoms with Crippen LogP contribution in [0.5, 0.6) is 0 Å². The van der Waals surface area contributed by atoms with Crippen LogP contribution in [0.25, 0.3) is 0 Å². The van der Waals surface area contributed by atoms with Crippen molar-refractivity contribution in [2.75, 3.05) is 0 Å². The van der Waals surface area contributed by atoms with Crippen LogP contribution in [-0.2, 0) is 0 Å². The van der Waals surface area contributed by atoms with Gasteiger partial charge in [-0.2, -0.15) is 0 Å². The van der Waals surface area contributed by atoms with E-state index in [4.69, 9.17) is 0 Å². The lowest BCUT2D eigenvalue weighted by Gasteiger charge is -2.28. The first-order valence-corrected chi connectivity index (χ1v) is 6.45. The van der Waals surface area contributed by atoms with Crippen LogP contribution in [0.4, 0.5) is 4.39 Å². The number of rotatable bonds is 6. The lowest BCUT2D eigenvalue weighted by Crippen LogP contribution is -2.33. The quantitative estimate of drug-likeness (QED) is 0.817. The Hall–Kier alpha value is -0.960. The first-order chi connectivity index (χ1) is 8.08. The van der Waals surface area contributed by atoms with E-state index in [9.17, 15) is 4.39 Å². The molecule has 0 aliphatic heterocycles. The molecular weight excluding hydrogens is 215 g/mol. The minimum absolute atomic E-state index is 0.214. The molecule has 1 aromatic heterocycles. The molecule has 96 valence electrons. The van der Waals surface area contributed by atoms with Gasteiger partial charge in [0.1, 0.15) is 5.82 Å². The highest BCUT2D eigenvalue weighted by molar-refractivity contribution is 5.11. The second-order valence-corrected chi connectivity index (χ2v) is 4.78. The van der Waals surface area contributed by atoms with Crippen LogP contribution < -0.4 is 5.32 Å². The van der Waals surface area contributed by atoms with Crippen LogP contribution in [0.3, 0.4) is 0 Å². The number of halogens is 1. The van der Waals surface area contributed by atoms with Gasteiger partial charge in [-0.25, -0.2) is 4.39 Å². The Morgan fingerprint density at radius 1 is 1.24 bits per heavy atom. The molecule has 0 aliphatic rings. The molecule has 0 fully saturated rings. The maximum Gasteiger partial charge on any atom is 0.141 e. The van der Waals surface area contributed by atoms with Crippen LogP contribution in [0.1, 0.15) is 52.3 Å². The lowest BCUT2D eigenvalue weighted by molar-refractivity contribution is 0.315. The molecule has 0 saturated carbocycles. The zero-order chi connectivity index (χ0) is 12.8. The Bertz CT molecular complexity index is 317. The normalized spacial score (nSPS) is 13.4. The minimum atomic E-state index is -0.276. The summed E-state index contributed by atoms with van der Waals surface area (Å²) in [6.45, 7) is 8.62. The molecule has 0 amide bonds. The van der Waals surface area contributed by atoms with E-state index in [1.54, 1.807) is 6.07 Å². The van der Waals surface area contributed by atoms with Gasteiger partial charge in [-0.05, 0) is 18.1 Å². The molecule has 1 atom stereocenters. The third-order valence-corrected chi connectivity index (χ3v) is 3.10. The van der Waals surface area contributed by atoms with E-state index < -0.39 is 0 Å². The van der Waals surface area contributed by atoms with E-state index in [-0.39, 0.29) is 11.9 Å². The smallest absolute Gasteiger partial charge is 0.141 e. The summed E-state index contributed by atoms with van der Waals surface area (Å²) in [5.41, 5.74) is 0.939. The molecule has 3 heteroatoms. The molecule has 1 heterocycles. The van der Waals surface area contributed by atoms with Gasteiger partial charge in [-0.1, -0.05) is 40.5 Å². The van der Waals surface area contributed by atoms with E-state index in [1.165, 1.54) is 12.3 Å². The molecule has 0 spiro atoms. The van der Waals surface area contributed by atoms with Crippen molar-refractivity contribution in [2.24, 2.45) is 5.92 Å². The Morgan fingerprint density at radius 3 is 2.29 bits per heavy atom. The molecule has 2 nitrogen and oxygen atoms in total. The van der Waals surface area contributed by atoms with E-state index in [0.717, 1.165) is 18.5 Å². The monoisotopic (exact) mass is 238 g/mol. The minimum Gasteiger partial charge on any atom is -0.306 e. The molecule has 17 heavy (non-hydrogen) atoms. The number of hydrogen-bond donors (Lipinski definition) is 1. The molecule has 0 radical (unpaired) electrons. The molecule has 1 unspecified atom stereocenters. The molecule has 0 aliphatic carbocycles. The maximum atomic E-state index is 12.9. The summed E-state index contributed by atoms with van der Waals surface area (Å²) in [7, 11) is 0. The van der Waals surface area contributed by atoms with Gasteiger partial charge in [0.25, 0.3) is 0 Å². The zero-order valence-electron chi connectivity index (χ0n) is 11.2. The predicted molar refractivity (Wildman–Crippen MR) is 69.3 cm³/mol. The van der Waals surface area contributed by atoms with Crippen LogP contribution in [0.15, 0.2) is 18.3 Å². The van der Waals surface area contributed by atoms with Crippen LogP contribution in [0.2, 0.25) is 0 Å². The fourth-order valence-electron chi connectivity index (χ4n) is 2.15. The van der Waals surface area contributed by atoms with Crippen LogP contribution in [0, 0.1) is 11.7 Å². The fourth-order valence-corrected chi connectivity index (χ4v) is 2.15.